The monoisotopic (exact) mass is 324 g/mol. The highest BCUT2D eigenvalue weighted by molar-refractivity contribution is 7.88. The minimum absolute atomic E-state index is 0.0558. The Kier molecular flexibility index (Phi) is 4.38. The van der Waals surface area contributed by atoms with Crippen LogP contribution in [0.5, 0.6) is 0 Å². The minimum Gasteiger partial charge on any atom is -0.351 e. The molecule has 1 N–H and O–H groups in total. The van der Waals surface area contributed by atoms with E-state index in [0.29, 0.717) is 25.9 Å². The molecule has 0 bridgehead atoms. The van der Waals surface area contributed by atoms with E-state index < -0.39 is 21.8 Å². The molecule has 0 radical (unpaired) electrons. The molecule has 1 aliphatic rings. The second-order valence-electron chi connectivity index (χ2n) is 4.87. The van der Waals surface area contributed by atoms with Crippen molar-refractivity contribution in [2.75, 3.05) is 24.7 Å². The second kappa shape index (κ2) is 5.76. The largest absolute Gasteiger partial charge is 0.419 e. The van der Waals surface area contributed by atoms with Crippen molar-refractivity contribution in [2.45, 2.75) is 25.1 Å². The lowest BCUT2D eigenvalue weighted by Crippen LogP contribution is -2.42. The van der Waals surface area contributed by atoms with Crippen molar-refractivity contribution >= 4 is 16.0 Å². The third kappa shape index (κ3) is 4.27. The summed E-state index contributed by atoms with van der Waals surface area (Å²) in [5.74, 6) is 0.112. The Balaban J connectivity index is 1.92. The quantitative estimate of drug-likeness (QED) is 0.908. The van der Waals surface area contributed by atoms with Crippen molar-refractivity contribution < 1.29 is 21.6 Å². The zero-order chi connectivity index (χ0) is 15.7. The van der Waals surface area contributed by atoms with Gasteiger partial charge in [-0.3, -0.25) is 0 Å². The van der Waals surface area contributed by atoms with Crippen LogP contribution in [0.15, 0.2) is 12.4 Å². The van der Waals surface area contributed by atoms with E-state index in [1.54, 1.807) is 0 Å². The fourth-order valence-electron chi connectivity index (χ4n) is 2.06. The van der Waals surface area contributed by atoms with Gasteiger partial charge in [0.15, 0.2) is 0 Å². The number of piperidine rings is 1. The van der Waals surface area contributed by atoms with Gasteiger partial charge in [0.25, 0.3) is 0 Å². The predicted octanol–water partition coefficient (Wildman–Crippen LogP) is 1.33. The maximum absolute atomic E-state index is 12.4. The maximum Gasteiger partial charge on any atom is 0.419 e. The molecule has 2 rings (SSSR count). The molecule has 1 aromatic rings. The fourth-order valence-corrected chi connectivity index (χ4v) is 2.94. The van der Waals surface area contributed by atoms with Crippen molar-refractivity contribution in [2.24, 2.45) is 0 Å². The molecule has 6 nitrogen and oxygen atoms in total. The van der Waals surface area contributed by atoms with Crippen molar-refractivity contribution in [3.8, 4) is 0 Å². The molecule has 0 aliphatic carbocycles. The summed E-state index contributed by atoms with van der Waals surface area (Å²) in [5.41, 5.74) is -0.903. The Morgan fingerprint density at radius 1 is 1.24 bits per heavy atom. The summed E-state index contributed by atoms with van der Waals surface area (Å²) in [5, 5.41) is 2.92. The molecule has 1 aliphatic heterocycles. The molecule has 1 fully saturated rings. The number of rotatable bonds is 3. The van der Waals surface area contributed by atoms with Gasteiger partial charge in [-0.15, -0.1) is 0 Å². The van der Waals surface area contributed by atoms with Gasteiger partial charge in [-0.25, -0.2) is 22.7 Å². The Hall–Kier alpha value is -1.42. The summed E-state index contributed by atoms with van der Waals surface area (Å²) in [7, 11) is -3.19. The van der Waals surface area contributed by atoms with Crippen LogP contribution < -0.4 is 5.32 Å². The number of aromatic nitrogens is 2. The lowest BCUT2D eigenvalue weighted by atomic mass is 10.1. The molecule has 0 amide bonds. The molecular weight excluding hydrogens is 309 g/mol. The minimum atomic E-state index is -4.46. The zero-order valence-electron chi connectivity index (χ0n) is 11.3. The van der Waals surface area contributed by atoms with Gasteiger partial charge in [-0.2, -0.15) is 13.2 Å². The third-order valence-electron chi connectivity index (χ3n) is 3.24. The van der Waals surface area contributed by atoms with E-state index in [-0.39, 0.29) is 12.0 Å². The van der Waals surface area contributed by atoms with Gasteiger partial charge in [0.2, 0.25) is 16.0 Å². The molecule has 21 heavy (non-hydrogen) atoms. The molecule has 0 unspecified atom stereocenters. The number of hydrogen-bond acceptors (Lipinski definition) is 5. The van der Waals surface area contributed by atoms with E-state index in [9.17, 15) is 21.6 Å². The normalized spacial score (nSPS) is 18.7. The van der Waals surface area contributed by atoms with Gasteiger partial charge in [-0.1, -0.05) is 0 Å². The van der Waals surface area contributed by atoms with Gasteiger partial charge < -0.3 is 5.32 Å². The van der Waals surface area contributed by atoms with E-state index in [0.717, 1.165) is 18.6 Å². The molecule has 1 aromatic heterocycles. The number of nitrogens with one attached hydrogen (secondary N) is 1. The first kappa shape index (κ1) is 16.0. The second-order valence-corrected chi connectivity index (χ2v) is 6.86. The van der Waals surface area contributed by atoms with Gasteiger partial charge in [0.1, 0.15) is 0 Å². The van der Waals surface area contributed by atoms with Crippen molar-refractivity contribution in [1.29, 1.82) is 0 Å². The summed E-state index contributed by atoms with van der Waals surface area (Å²) in [4.78, 5) is 7.27. The van der Waals surface area contributed by atoms with Crippen molar-refractivity contribution in [3.05, 3.63) is 18.0 Å². The number of halogens is 3. The topological polar surface area (TPSA) is 75.2 Å². The van der Waals surface area contributed by atoms with Gasteiger partial charge in [-0.05, 0) is 12.8 Å². The van der Waals surface area contributed by atoms with Crippen molar-refractivity contribution in [3.63, 3.8) is 0 Å². The van der Waals surface area contributed by atoms with E-state index in [1.807, 2.05) is 0 Å². The SMILES string of the molecule is CS(=O)(=O)N1CCC(Nc2ncc(C(F)(F)F)cn2)CC1. The van der Waals surface area contributed by atoms with Gasteiger partial charge >= 0.3 is 6.18 Å². The van der Waals surface area contributed by atoms with Crippen LogP contribution in [0.4, 0.5) is 19.1 Å². The van der Waals surface area contributed by atoms with Crippen LogP contribution in [-0.2, 0) is 16.2 Å². The highest BCUT2D eigenvalue weighted by Crippen LogP contribution is 2.28. The predicted molar refractivity (Wildman–Crippen MR) is 70.1 cm³/mol. The summed E-state index contributed by atoms with van der Waals surface area (Å²) >= 11 is 0. The molecule has 0 atom stereocenters. The number of alkyl halides is 3. The first-order valence-electron chi connectivity index (χ1n) is 6.27. The Bertz CT molecular complexity index is 580. The Morgan fingerprint density at radius 3 is 2.19 bits per heavy atom. The molecule has 0 aromatic carbocycles. The lowest BCUT2D eigenvalue weighted by molar-refractivity contribution is -0.138. The Morgan fingerprint density at radius 2 is 1.76 bits per heavy atom. The fraction of sp³-hybridized carbons (Fsp3) is 0.636. The van der Waals surface area contributed by atoms with E-state index in [2.05, 4.69) is 15.3 Å². The Labute approximate surface area is 120 Å². The molecule has 0 saturated carbocycles. The molecule has 118 valence electrons. The van der Waals surface area contributed by atoms with Gasteiger partial charge in [0.05, 0.1) is 11.8 Å². The highest BCUT2D eigenvalue weighted by atomic mass is 32.2. The van der Waals surface area contributed by atoms with E-state index in [4.69, 9.17) is 0 Å². The molecular formula is C11H15F3N4O2S. The smallest absolute Gasteiger partial charge is 0.351 e. The van der Waals surface area contributed by atoms with Crippen LogP contribution in [0.25, 0.3) is 0 Å². The molecule has 2 heterocycles. The molecule has 10 heteroatoms. The van der Waals surface area contributed by atoms with Crippen LogP contribution in [-0.4, -0.2) is 48.1 Å². The summed E-state index contributed by atoms with van der Waals surface area (Å²) in [6.45, 7) is 0.744. The highest BCUT2D eigenvalue weighted by Gasteiger charge is 2.31. The lowest BCUT2D eigenvalue weighted by Gasteiger charge is -2.30. The van der Waals surface area contributed by atoms with Crippen LogP contribution >= 0.6 is 0 Å². The summed E-state index contributed by atoms with van der Waals surface area (Å²) < 4.78 is 61.2. The standard InChI is InChI=1S/C11H15F3N4O2S/c1-21(19,20)18-4-2-9(3-5-18)17-10-15-6-8(7-16-10)11(12,13)14/h6-7,9H,2-5H2,1H3,(H,15,16,17). The van der Waals surface area contributed by atoms with E-state index in [1.165, 1.54) is 4.31 Å². The number of nitrogens with zero attached hydrogens (tertiary/aromatic N) is 3. The zero-order valence-corrected chi connectivity index (χ0v) is 12.1. The first-order chi connectivity index (χ1) is 9.66. The van der Waals surface area contributed by atoms with Crippen molar-refractivity contribution in [1.82, 2.24) is 14.3 Å². The summed E-state index contributed by atoms with van der Waals surface area (Å²) in [6, 6.07) is -0.0558. The number of hydrogen-bond donors (Lipinski definition) is 1. The van der Waals surface area contributed by atoms with Crippen LogP contribution in [0, 0.1) is 0 Å². The third-order valence-corrected chi connectivity index (χ3v) is 4.54. The number of anilines is 1. The van der Waals surface area contributed by atoms with Crippen LogP contribution in [0.2, 0.25) is 0 Å². The average Bonchev–Trinajstić information content (AvgIpc) is 2.38. The average molecular weight is 324 g/mol. The molecule has 0 spiro atoms. The maximum atomic E-state index is 12.4. The molecule has 1 saturated heterocycles. The van der Waals surface area contributed by atoms with Crippen LogP contribution in [0.1, 0.15) is 18.4 Å². The summed E-state index contributed by atoms with van der Waals surface area (Å²) in [6.07, 6.45) is -0.754. The number of sulfonamides is 1. The van der Waals surface area contributed by atoms with Gasteiger partial charge in [0, 0.05) is 31.5 Å². The van der Waals surface area contributed by atoms with Crippen LogP contribution in [0.3, 0.4) is 0 Å². The first-order valence-corrected chi connectivity index (χ1v) is 8.12. The van der Waals surface area contributed by atoms with E-state index >= 15 is 0 Å².